The Bertz CT molecular complexity index is 390. The third-order valence-corrected chi connectivity index (χ3v) is 2.94. The molecule has 0 aliphatic rings. The van der Waals surface area contributed by atoms with Crippen molar-refractivity contribution in [2.45, 2.75) is 19.9 Å². The molecule has 4 nitrogen and oxygen atoms in total. The average Bonchev–Trinajstić information content (AvgIpc) is 2.35. The van der Waals surface area contributed by atoms with Crippen LogP contribution >= 0.6 is 0 Å². The minimum absolute atomic E-state index is 0.0622. The minimum atomic E-state index is 0.0622. The van der Waals surface area contributed by atoms with Crippen LogP contribution in [0.1, 0.15) is 17.5 Å². The first-order valence-corrected chi connectivity index (χ1v) is 5.79. The lowest BCUT2D eigenvalue weighted by molar-refractivity contribution is -0.120. The number of carbonyl (C=O) groups is 1. The zero-order chi connectivity index (χ0) is 12.8. The Morgan fingerprint density at radius 3 is 2.71 bits per heavy atom. The van der Waals surface area contributed by atoms with Crippen molar-refractivity contribution in [2.24, 2.45) is 5.73 Å². The van der Waals surface area contributed by atoms with Crippen LogP contribution in [0.15, 0.2) is 18.2 Å². The molecule has 1 aromatic carbocycles. The lowest BCUT2D eigenvalue weighted by Crippen LogP contribution is -2.26. The Labute approximate surface area is 103 Å². The lowest BCUT2D eigenvalue weighted by Gasteiger charge is -2.20. The molecule has 0 aliphatic carbocycles. The maximum Gasteiger partial charge on any atom is 0.221 e. The topological polar surface area (TPSA) is 58.4 Å². The molecule has 94 valence electrons. The molecule has 0 saturated carbocycles. The van der Waals surface area contributed by atoms with Crippen molar-refractivity contribution in [3.8, 4) is 0 Å². The van der Waals surface area contributed by atoms with Gasteiger partial charge in [-0.05, 0) is 30.2 Å². The van der Waals surface area contributed by atoms with Gasteiger partial charge in [-0.1, -0.05) is 6.07 Å². The molecule has 4 heteroatoms. The van der Waals surface area contributed by atoms with Crippen LogP contribution in [0.5, 0.6) is 0 Å². The summed E-state index contributed by atoms with van der Waals surface area (Å²) in [6.45, 7) is 3.33. The van der Waals surface area contributed by atoms with Gasteiger partial charge in [0.1, 0.15) is 0 Å². The molecule has 17 heavy (non-hydrogen) atoms. The van der Waals surface area contributed by atoms with E-state index in [9.17, 15) is 4.79 Å². The van der Waals surface area contributed by atoms with Gasteiger partial charge in [-0.15, -0.1) is 0 Å². The van der Waals surface area contributed by atoms with Gasteiger partial charge in [0.25, 0.3) is 0 Å². The number of aryl methyl sites for hydroxylation is 1. The van der Waals surface area contributed by atoms with E-state index in [1.807, 2.05) is 19.2 Å². The molecular weight excluding hydrogens is 214 g/mol. The number of carbonyl (C=O) groups excluding carboxylic acids is 1. The summed E-state index contributed by atoms with van der Waals surface area (Å²) in [4.78, 5) is 13.2. The van der Waals surface area contributed by atoms with Gasteiger partial charge < -0.3 is 16.0 Å². The van der Waals surface area contributed by atoms with E-state index in [1.165, 1.54) is 5.56 Å². The molecule has 3 N–H and O–H groups in total. The fourth-order valence-electron chi connectivity index (χ4n) is 1.67. The maximum atomic E-state index is 11.2. The zero-order valence-corrected chi connectivity index (χ0v) is 10.8. The number of nitrogens with zero attached hydrogens (tertiary/aromatic N) is 1. The Kier molecular flexibility index (Phi) is 4.97. The van der Waals surface area contributed by atoms with Crippen molar-refractivity contribution in [2.75, 3.05) is 25.5 Å². The highest BCUT2D eigenvalue weighted by Gasteiger charge is 2.05. The third kappa shape index (κ3) is 3.75. The van der Waals surface area contributed by atoms with Crippen LogP contribution in [0.25, 0.3) is 0 Å². The van der Waals surface area contributed by atoms with E-state index in [0.717, 1.165) is 11.3 Å². The molecule has 1 amide bonds. The summed E-state index contributed by atoms with van der Waals surface area (Å²) in [6.07, 6.45) is 0.505. The minimum Gasteiger partial charge on any atom is -0.374 e. The van der Waals surface area contributed by atoms with Gasteiger partial charge in [-0.3, -0.25) is 4.79 Å². The van der Waals surface area contributed by atoms with Crippen LogP contribution < -0.4 is 16.0 Å². The molecule has 1 aromatic rings. The molecule has 1 rings (SSSR count). The van der Waals surface area contributed by atoms with Crippen molar-refractivity contribution >= 4 is 11.6 Å². The molecule has 0 fully saturated rings. The molecular formula is C13H21N3O. The summed E-state index contributed by atoms with van der Waals surface area (Å²) in [6, 6.07) is 6.19. The van der Waals surface area contributed by atoms with E-state index in [0.29, 0.717) is 19.5 Å². The van der Waals surface area contributed by atoms with E-state index in [-0.39, 0.29) is 5.91 Å². The number of amides is 1. The van der Waals surface area contributed by atoms with Gasteiger partial charge in [-0.2, -0.15) is 0 Å². The number of nitrogens with two attached hydrogens (primary N) is 1. The average molecular weight is 235 g/mol. The fraction of sp³-hybridized carbons (Fsp3) is 0.462. The Morgan fingerprint density at radius 1 is 1.47 bits per heavy atom. The SMILES string of the molecule is CNC(=O)CCN(C)c1ccc(CN)c(C)c1. The third-order valence-electron chi connectivity index (χ3n) is 2.94. The first-order valence-electron chi connectivity index (χ1n) is 5.79. The second-order valence-corrected chi connectivity index (χ2v) is 4.16. The van der Waals surface area contributed by atoms with Crippen molar-refractivity contribution in [1.82, 2.24) is 5.32 Å². The summed E-state index contributed by atoms with van der Waals surface area (Å²) in [7, 11) is 3.64. The maximum absolute atomic E-state index is 11.2. The van der Waals surface area contributed by atoms with Crippen molar-refractivity contribution in [3.63, 3.8) is 0 Å². The molecule has 0 bridgehead atoms. The fourth-order valence-corrected chi connectivity index (χ4v) is 1.67. The van der Waals surface area contributed by atoms with E-state index in [4.69, 9.17) is 5.73 Å². The van der Waals surface area contributed by atoms with Crippen LogP contribution in [-0.2, 0) is 11.3 Å². The molecule has 0 aliphatic heterocycles. The molecule has 0 aromatic heterocycles. The molecule has 0 radical (unpaired) electrons. The first kappa shape index (κ1) is 13.5. The van der Waals surface area contributed by atoms with Crippen molar-refractivity contribution in [1.29, 1.82) is 0 Å². The van der Waals surface area contributed by atoms with Crippen LogP contribution in [0.3, 0.4) is 0 Å². The van der Waals surface area contributed by atoms with Gasteiger partial charge >= 0.3 is 0 Å². The van der Waals surface area contributed by atoms with E-state index < -0.39 is 0 Å². The van der Waals surface area contributed by atoms with Crippen LogP contribution in [0, 0.1) is 6.92 Å². The smallest absolute Gasteiger partial charge is 0.221 e. The summed E-state index contributed by atoms with van der Waals surface area (Å²) in [5.41, 5.74) is 9.09. The lowest BCUT2D eigenvalue weighted by atomic mass is 10.1. The summed E-state index contributed by atoms with van der Waals surface area (Å²) < 4.78 is 0. The quantitative estimate of drug-likeness (QED) is 0.801. The monoisotopic (exact) mass is 235 g/mol. The normalized spacial score (nSPS) is 10.1. The molecule has 0 spiro atoms. The van der Waals surface area contributed by atoms with Gasteiger partial charge in [-0.25, -0.2) is 0 Å². The molecule has 0 heterocycles. The summed E-state index contributed by atoms with van der Waals surface area (Å²) in [5, 5.41) is 2.62. The standard InChI is InChI=1S/C13H21N3O/c1-10-8-12(5-4-11(10)9-14)16(3)7-6-13(17)15-2/h4-5,8H,6-7,9,14H2,1-3H3,(H,15,17). The number of hydrogen-bond acceptors (Lipinski definition) is 3. The van der Waals surface area contributed by atoms with E-state index in [2.05, 4.69) is 23.2 Å². The summed E-state index contributed by atoms with van der Waals surface area (Å²) in [5.74, 6) is 0.0622. The second-order valence-electron chi connectivity index (χ2n) is 4.16. The van der Waals surface area contributed by atoms with Gasteiger partial charge in [0.05, 0.1) is 0 Å². The Balaban J connectivity index is 2.66. The number of benzene rings is 1. The predicted octanol–water partition coefficient (Wildman–Crippen LogP) is 1.03. The Hall–Kier alpha value is -1.55. The zero-order valence-electron chi connectivity index (χ0n) is 10.8. The largest absolute Gasteiger partial charge is 0.374 e. The summed E-state index contributed by atoms with van der Waals surface area (Å²) >= 11 is 0. The number of rotatable bonds is 5. The van der Waals surface area contributed by atoms with Crippen molar-refractivity contribution in [3.05, 3.63) is 29.3 Å². The highest BCUT2D eigenvalue weighted by molar-refractivity contribution is 5.76. The second kappa shape index (κ2) is 6.25. The first-order chi connectivity index (χ1) is 8.08. The molecule has 0 atom stereocenters. The van der Waals surface area contributed by atoms with Crippen LogP contribution in [-0.4, -0.2) is 26.5 Å². The number of hydrogen-bond donors (Lipinski definition) is 2. The highest BCUT2D eigenvalue weighted by atomic mass is 16.1. The number of anilines is 1. The van der Waals surface area contributed by atoms with E-state index >= 15 is 0 Å². The molecule has 0 saturated heterocycles. The van der Waals surface area contributed by atoms with Gasteiger partial charge in [0, 0.05) is 39.3 Å². The predicted molar refractivity (Wildman–Crippen MR) is 71.0 cm³/mol. The van der Waals surface area contributed by atoms with E-state index in [1.54, 1.807) is 7.05 Å². The van der Waals surface area contributed by atoms with Crippen molar-refractivity contribution < 1.29 is 4.79 Å². The van der Waals surface area contributed by atoms with Gasteiger partial charge in [0.2, 0.25) is 5.91 Å². The Morgan fingerprint density at radius 2 is 2.18 bits per heavy atom. The van der Waals surface area contributed by atoms with Gasteiger partial charge in [0.15, 0.2) is 0 Å². The highest BCUT2D eigenvalue weighted by Crippen LogP contribution is 2.18. The molecule has 0 unspecified atom stereocenters. The number of nitrogens with one attached hydrogen (secondary N) is 1. The van der Waals surface area contributed by atoms with Crippen LogP contribution in [0.4, 0.5) is 5.69 Å². The van der Waals surface area contributed by atoms with Crippen LogP contribution in [0.2, 0.25) is 0 Å².